The Morgan fingerprint density at radius 3 is 2.48 bits per heavy atom. The first-order chi connectivity index (χ1) is 12.0. The maximum atomic E-state index is 13.5. The van der Waals surface area contributed by atoms with Gasteiger partial charge in [-0.2, -0.15) is 4.98 Å². The summed E-state index contributed by atoms with van der Waals surface area (Å²) in [4.78, 5) is 4.04. The lowest BCUT2D eigenvalue weighted by atomic mass is 10.3. The summed E-state index contributed by atoms with van der Waals surface area (Å²) in [6.07, 6.45) is 0. The third kappa shape index (κ3) is 4.37. The second-order valence-electron chi connectivity index (χ2n) is 4.81. The van der Waals surface area contributed by atoms with Crippen LogP contribution in [-0.2, 0) is 13.2 Å². The molecule has 9 heteroatoms. The number of nitrogens with zero attached hydrogens (tertiary/aromatic N) is 2. The molecule has 0 aliphatic heterocycles. The first kappa shape index (κ1) is 17.4. The molecule has 0 aliphatic carbocycles. The molecule has 0 N–H and O–H groups in total. The molecule has 25 heavy (non-hydrogen) atoms. The Morgan fingerprint density at radius 1 is 1.00 bits per heavy atom. The number of hydrogen-bond acceptors (Lipinski definition) is 5. The molecule has 130 valence electrons. The van der Waals surface area contributed by atoms with Gasteiger partial charge >= 0.3 is 0 Å². The molecule has 3 aromatic rings. The maximum absolute atomic E-state index is 13.5. The highest BCUT2D eigenvalue weighted by Gasteiger charge is 2.12. The smallest absolute Gasteiger partial charge is 0.264 e. The van der Waals surface area contributed by atoms with Crippen molar-refractivity contribution in [3.8, 4) is 11.5 Å². The SMILES string of the molecule is Fc1ccc(OCc2nc(COc3c(Cl)cccc3Cl)no2)c(F)c1. The first-order valence-electron chi connectivity index (χ1n) is 6.99. The van der Waals surface area contributed by atoms with E-state index >= 15 is 0 Å². The van der Waals surface area contributed by atoms with Crippen molar-refractivity contribution in [2.24, 2.45) is 0 Å². The summed E-state index contributed by atoms with van der Waals surface area (Å²) in [5.74, 6) is -0.999. The average molecular weight is 387 g/mol. The van der Waals surface area contributed by atoms with E-state index in [1.165, 1.54) is 6.07 Å². The fraction of sp³-hybridized carbons (Fsp3) is 0.125. The van der Waals surface area contributed by atoms with Gasteiger partial charge in [0.2, 0.25) is 5.82 Å². The van der Waals surface area contributed by atoms with E-state index in [4.69, 9.17) is 37.2 Å². The molecule has 0 unspecified atom stereocenters. The Labute approximate surface area is 151 Å². The second kappa shape index (κ2) is 7.67. The van der Waals surface area contributed by atoms with Crippen molar-refractivity contribution >= 4 is 23.2 Å². The molecule has 5 nitrogen and oxygen atoms in total. The van der Waals surface area contributed by atoms with Gasteiger partial charge in [-0.3, -0.25) is 0 Å². The largest absolute Gasteiger partial charge is 0.482 e. The molecule has 0 radical (unpaired) electrons. The molecule has 0 saturated carbocycles. The van der Waals surface area contributed by atoms with Crippen LogP contribution in [0.1, 0.15) is 11.7 Å². The second-order valence-corrected chi connectivity index (χ2v) is 5.62. The van der Waals surface area contributed by atoms with Crippen LogP contribution in [0.5, 0.6) is 11.5 Å². The van der Waals surface area contributed by atoms with Crippen LogP contribution in [0.4, 0.5) is 8.78 Å². The van der Waals surface area contributed by atoms with Gasteiger partial charge in [-0.15, -0.1) is 0 Å². The standard InChI is InChI=1S/C16H10Cl2F2N2O3/c17-10-2-1-3-11(18)16(10)24-7-14-21-15(25-22-14)8-23-13-5-4-9(19)6-12(13)20/h1-6H,7-8H2. The summed E-state index contributed by atoms with van der Waals surface area (Å²) in [7, 11) is 0. The summed E-state index contributed by atoms with van der Waals surface area (Å²) >= 11 is 12.0. The van der Waals surface area contributed by atoms with Crippen LogP contribution in [0, 0.1) is 11.6 Å². The predicted molar refractivity (Wildman–Crippen MR) is 85.8 cm³/mol. The Kier molecular flexibility index (Phi) is 5.35. The van der Waals surface area contributed by atoms with Crippen LogP contribution in [0.15, 0.2) is 40.9 Å². The highest BCUT2D eigenvalue weighted by Crippen LogP contribution is 2.32. The molecule has 0 amide bonds. The van der Waals surface area contributed by atoms with Crippen LogP contribution in [-0.4, -0.2) is 10.1 Å². The Morgan fingerprint density at radius 2 is 1.76 bits per heavy atom. The molecule has 0 saturated heterocycles. The fourth-order valence-electron chi connectivity index (χ4n) is 1.90. The molecule has 0 atom stereocenters. The van der Waals surface area contributed by atoms with Crippen molar-refractivity contribution in [2.75, 3.05) is 0 Å². The average Bonchev–Trinajstić information content (AvgIpc) is 3.01. The van der Waals surface area contributed by atoms with Gasteiger partial charge in [0.1, 0.15) is 5.82 Å². The Balaban J connectivity index is 1.59. The van der Waals surface area contributed by atoms with Crippen LogP contribution in [0.3, 0.4) is 0 Å². The van der Waals surface area contributed by atoms with Crippen molar-refractivity contribution in [3.63, 3.8) is 0 Å². The quantitative estimate of drug-likeness (QED) is 0.608. The van der Waals surface area contributed by atoms with Crippen molar-refractivity contribution in [1.29, 1.82) is 0 Å². The number of para-hydroxylation sites is 1. The predicted octanol–water partition coefficient (Wildman–Crippen LogP) is 4.81. The van der Waals surface area contributed by atoms with Crippen molar-refractivity contribution < 1.29 is 22.8 Å². The molecule has 3 rings (SSSR count). The maximum Gasteiger partial charge on any atom is 0.264 e. The minimum atomic E-state index is -0.823. The number of aromatic nitrogens is 2. The molecule has 2 aromatic carbocycles. The lowest BCUT2D eigenvalue weighted by Crippen LogP contribution is -2.01. The van der Waals surface area contributed by atoms with Crippen molar-refractivity contribution in [2.45, 2.75) is 13.2 Å². The molecule has 0 fully saturated rings. The number of halogens is 4. The van der Waals surface area contributed by atoms with E-state index < -0.39 is 11.6 Å². The minimum absolute atomic E-state index is 0.0299. The van der Waals surface area contributed by atoms with Gasteiger partial charge in [0.05, 0.1) is 10.0 Å². The van der Waals surface area contributed by atoms with Gasteiger partial charge in [-0.1, -0.05) is 34.4 Å². The summed E-state index contributed by atoms with van der Waals surface area (Å²) in [6.45, 7) is -0.208. The Bertz CT molecular complexity index is 869. The molecule has 0 aliphatic rings. The number of ether oxygens (including phenoxy) is 2. The molecule has 0 spiro atoms. The molecule has 1 heterocycles. The zero-order chi connectivity index (χ0) is 17.8. The van der Waals surface area contributed by atoms with E-state index in [0.29, 0.717) is 15.8 Å². The van der Waals surface area contributed by atoms with Gasteiger partial charge in [0, 0.05) is 6.07 Å². The molecular formula is C16H10Cl2F2N2O3. The third-order valence-corrected chi connectivity index (χ3v) is 3.62. The molecule has 0 bridgehead atoms. The first-order valence-corrected chi connectivity index (χ1v) is 7.74. The normalized spacial score (nSPS) is 10.7. The fourth-order valence-corrected chi connectivity index (χ4v) is 2.40. The zero-order valence-electron chi connectivity index (χ0n) is 12.5. The number of hydrogen-bond donors (Lipinski definition) is 0. The molecular weight excluding hydrogens is 377 g/mol. The highest BCUT2D eigenvalue weighted by molar-refractivity contribution is 6.37. The summed E-state index contributed by atoms with van der Waals surface area (Å²) in [6, 6.07) is 7.93. The Hall–Kier alpha value is -2.38. The van der Waals surface area contributed by atoms with Gasteiger partial charge in [0.15, 0.2) is 30.5 Å². The summed E-state index contributed by atoms with van der Waals surface area (Å²) in [5, 5.41) is 4.41. The van der Waals surface area contributed by atoms with Gasteiger partial charge in [-0.05, 0) is 24.3 Å². The van der Waals surface area contributed by atoms with E-state index in [-0.39, 0.29) is 30.7 Å². The minimum Gasteiger partial charge on any atom is -0.482 e. The van der Waals surface area contributed by atoms with Crippen LogP contribution < -0.4 is 9.47 Å². The van der Waals surface area contributed by atoms with E-state index in [0.717, 1.165) is 12.1 Å². The van der Waals surface area contributed by atoms with E-state index in [1.807, 2.05) is 0 Å². The van der Waals surface area contributed by atoms with Gasteiger partial charge in [0.25, 0.3) is 5.89 Å². The topological polar surface area (TPSA) is 57.4 Å². The van der Waals surface area contributed by atoms with Crippen LogP contribution in [0.2, 0.25) is 10.0 Å². The van der Waals surface area contributed by atoms with E-state index in [9.17, 15) is 8.78 Å². The monoisotopic (exact) mass is 386 g/mol. The lowest BCUT2D eigenvalue weighted by molar-refractivity contribution is 0.232. The number of benzene rings is 2. The van der Waals surface area contributed by atoms with Crippen LogP contribution >= 0.6 is 23.2 Å². The summed E-state index contributed by atoms with van der Waals surface area (Å²) in [5.41, 5.74) is 0. The van der Waals surface area contributed by atoms with Crippen molar-refractivity contribution in [3.05, 3.63) is 69.8 Å². The molecule has 1 aromatic heterocycles. The highest BCUT2D eigenvalue weighted by atomic mass is 35.5. The number of rotatable bonds is 6. The van der Waals surface area contributed by atoms with E-state index in [2.05, 4.69) is 10.1 Å². The third-order valence-electron chi connectivity index (χ3n) is 3.02. The lowest BCUT2D eigenvalue weighted by Gasteiger charge is -2.07. The van der Waals surface area contributed by atoms with Gasteiger partial charge < -0.3 is 14.0 Å². The van der Waals surface area contributed by atoms with Gasteiger partial charge in [-0.25, -0.2) is 8.78 Å². The summed E-state index contributed by atoms with van der Waals surface area (Å²) < 4.78 is 41.9. The van der Waals surface area contributed by atoms with Crippen molar-refractivity contribution in [1.82, 2.24) is 10.1 Å². The zero-order valence-corrected chi connectivity index (χ0v) is 14.0. The van der Waals surface area contributed by atoms with Crippen LogP contribution in [0.25, 0.3) is 0 Å². The van der Waals surface area contributed by atoms with E-state index in [1.54, 1.807) is 18.2 Å².